The number of aliphatic carboxylic acids is 1. The van der Waals surface area contributed by atoms with Crippen LogP contribution >= 0.6 is 0 Å². The van der Waals surface area contributed by atoms with Gasteiger partial charge in [0.15, 0.2) is 0 Å². The van der Waals surface area contributed by atoms with Gasteiger partial charge in [-0.05, 0) is 19.8 Å². The summed E-state index contributed by atoms with van der Waals surface area (Å²) in [7, 11) is 0. The highest BCUT2D eigenvalue weighted by molar-refractivity contribution is 5.86. The summed E-state index contributed by atoms with van der Waals surface area (Å²) in [5.74, 6) is -3.50. The van der Waals surface area contributed by atoms with Crippen LogP contribution in [0.1, 0.15) is 26.2 Å². The summed E-state index contributed by atoms with van der Waals surface area (Å²) in [5.41, 5.74) is 0.309. The second kappa shape index (κ2) is 8.24. The van der Waals surface area contributed by atoms with Crippen LogP contribution in [0.5, 0.6) is 0 Å². The number of hydrogen-bond acceptors (Lipinski definition) is 5. The van der Waals surface area contributed by atoms with Crippen LogP contribution in [0.2, 0.25) is 0 Å². The first-order chi connectivity index (χ1) is 9.93. The van der Waals surface area contributed by atoms with Crippen molar-refractivity contribution in [3.8, 4) is 0 Å². The Labute approximate surface area is 123 Å². The fourth-order valence-corrected chi connectivity index (χ4v) is 1.97. The normalized spacial score (nSPS) is 20.6. The third-order valence-corrected chi connectivity index (χ3v) is 3.13. The minimum absolute atomic E-state index is 0.0823. The van der Waals surface area contributed by atoms with Crippen molar-refractivity contribution in [3.63, 3.8) is 0 Å². The molecule has 0 amide bonds. The first-order valence-electron chi connectivity index (χ1n) is 6.82. The minimum atomic E-state index is -0.989. The van der Waals surface area contributed by atoms with Gasteiger partial charge in [0.25, 0.3) is 0 Å². The molecule has 6 heteroatoms. The molecular formula is C15H20O6. The van der Waals surface area contributed by atoms with Gasteiger partial charge in [-0.2, -0.15) is 0 Å². The van der Waals surface area contributed by atoms with Gasteiger partial charge in [-0.25, -0.2) is 4.79 Å². The summed E-state index contributed by atoms with van der Waals surface area (Å²) in [6.07, 6.45) is 4.82. The maximum atomic E-state index is 11.9. The van der Waals surface area contributed by atoms with Gasteiger partial charge in [-0.15, -0.1) is 0 Å². The Kier molecular flexibility index (Phi) is 6.65. The lowest BCUT2D eigenvalue weighted by molar-refractivity contribution is -0.156. The van der Waals surface area contributed by atoms with Crippen LogP contribution in [0, 0.1) is 11.8 Å². The van der Waals surface area contributed by atoms with E-state index >= 15 is 0 Å². The highest BCUT2D eigenvalue weighted by Gasteiger charge is 2.34. The molecule has 1 aliphatic carbocycles. The number of ether oxygens (including phenoxy) is 2. The Balaban J connectivity index is 2.31. The molecule has 0 aromatic rings. The molecule has 0 fully saturated rings. The molecule has 0 spiro atoms. The Bertz CT molecular complexity index is 451. The summed E-state index contributed by atoms with van der Waals surface area (Å²) in [5, 5.41) is 9.07. The molecule has 0 aromatic carbocycles. The molecule has 2 atom stereocenters. The molecule has 0 saturated heterocycles. The van der Waals surface area contributed by atoms with Gasteiger partial charge in [0, 0.05) is 12.0 Å². The van der Waals surface area contributed by atoms with Crippen LogP contribution in [-0.4, -0.2) is 36.2 Å². The van der Waals surface area contributed by atoms with Gasteiger partial charge < -0.3 is 14.6 Å². The topological polar surface area (TPSA) is 89.9 Å². The number of carboxylic acid groups (broad SMARTS) is 1. The highest BCUT2D eigenvalue weighted by atomic mass is 16.5. The lowest BCUT2D eigenvalue weighted by atomic mass is 9.84. The zero-order valence-electron chi connectivity index (χ0n) is 12.0. The summed E-state index contributed by atoms with van der Waals surface area (Å²) in [6, 6.07) is 0. The first-order valence-corrected chi connectivity index (χ1v) is 6.82. The average Bonchev–Trinajstić information content (AvgIpc) is 2.46. The molecular weight excluding hydrogens is 276 g/mol. The van der Waals surface area contributed by atoms with Crippen molar-refractivity contribution in [3.05, 3.63) is 24.3 Å². The number of hydrogen-bond donors (Lipinski definition) is 1. The highest BCUT2D eigenvalue weighted by Crippen LogP contribution is 2.26. The third kappa shape index (κ3) is 5.41. The zero-order valence-corrected chi connectivity index (χ0v) is 12.0. The zero-order chi connectivity index (χ0) is 15.8. The second-order valence-corrected chi connectivity index (χ2v) is 4.91. The number of allylic oxidation sites excluding steroid dienone is 1. The summed E-state index contributed by atoms with van der Waals surface area (Å²) in [4.78, 5) is 34.0. The monoisotopic (exact) mass is 296 g/mol. The fourth-order valence-electron chi connectivity index (χ4n) is 1.97. The van der Waals surface area contributed by atoms with Crippen LogP contribution < -0.4 is 0 Å². The molecule has 0 bridgehead atoms. The molecule has 21 heavy (non-hydrogen) atoms. The van der Waals surface area contributed by atoms with Crippen molar-refractivity contribution in [1.29, 1.82) is 0 Å². The lowest BCUT2D eigenvalue weighted by Gasteiger charge is -2.22. The quantitative estimate of drug-likeness (QED) is 0.333. The van der Waals surface area contributed by atoms with Gasteiger partial charge in [0.05, 0.1) is 25.0 Å². The molecule has 1 rings (SSSR count). The van der Waals surface area contributed by atoms with Gasteiger partial charge in [0.1, 0.15) is 0 Å². The maximum absolute atomic E-state index is 11.9. The van der Waals surface area contributed by atoms with E-state index in [2.05, 4.69) is 6.58 Å². The third-order valence-electron chi connectivity index (χ3n) is 3.13. The Morgan fingerprint density at radius 2 is 1.95 bits per heavy atom. The predicted octanol–water partition coefficient (Wildman–Crippen LogP) is 1.71. The maximum Gasteiger partial charge on any atom is 0.333 e. The molecule has 0 heterocycles. The van der Waals surface area contributed by atoms with Gasteiger partial charge in [-0.1, -0.05) is 18.7 Å². The molecule has 0 radical (unpaired) electrons. The second-order valence-electron chi connectivity index (χ2n) is 4.91. The summed E-state index contributed by atoms with van der Waals surface area (Å²) >= 11 is 0. The average molecular weight is 296 g/mol. The molecule has 1 aliphatic rings. The molecule has 0 aromatic heterocycles. The lowest BCUT2D eigenvalue weighted by Crippen LogP contribution is -2.31. The van der Waals surface area contributed by atoms with Crippen LogP contribution in [0.4, 0.5) is 0 Å². The number of carboxylic acids is 1. The molecule has 116 valence electrons. The predicted molar refractivity (Wildman–Crippen MR) is 74.3 cm³/mol. The molecule has 6 nitrogen and oxygen atoms in total. The Hall–Kier alpha value is -2.11. The van der Waals surface area contributed by atoms with Gasteiger partial charge in [0.2, 0.25) is 0 Å². The number of carbonyl (C=O) groups is 3. The number of carbonyl (C=O) groups excluding carboxylic acids is 2. The summed E-state index contributed by atoms with van der Waals surface area (Å²) in [6.45, 7) is 5.20. The van der Waals surface area contributed by atoms with Crippen LogP contribution in [-0.2, 0) is 23.9 Å². The van der Waals surface area contributed by atoms with Crippen molar-refractivity contribution < 1.29 is 29.0 Å². The molecule has 1 N–H and O–H groups in total. The smallest absolute Gasteiger partial charge is 0.333 e. The van der Waals surface area contributed by atoms with E-state index in [0.29, 0.717) is 24.8 Å². The fraction of sp³-hybridized carbons (Fsp3) is 0.533. The minimum Gasteiger partial charge on any atom is -0.481 e. The van der Waals surface area contributed by atoms with Gasteiger partial charge >= 0.3 is 17.9 Å². The van der Waals surface area contributed by atoms with Crippen LogP contribution in [0.15, 0.2) is 24.3 Å². The molecule has 2 unspecified atom stereocenters. The van der Waals surface area contributed by atoms with E-state index in [1.54, 1.807) is 19.1 Å². The van der Waals surface area contributed by atoms with E-state index in [1.165, 1.54) is 0 Å². The summed E-state index contributed by atoms with van der Waals surface area (Å²) < 4.78 is 9.89. The van der Waals surface area contributed by atoms with E-state index < -0.39 is 29.7 Å². The Morgan fingerprint density at radius 1 is 1.29 bits per heavy atom. The number of esters is 2. The van der Waals surface area contributed by atoms with E-state index in [-0.39, 0.29) is 13.2 Å². The SMILES string of the molecule is C=C(C)C(=O)OCCCOC(=O)C1C=CCCC1C(=O)O. The van der Waals surface area contributed by atoms with Crippen molar-refractivity contribution in [2.75, 3.05) is 13.2 Å². The molecule has 0 saturated carbocycles. The first kappa shape index (κ1) is 16.9. The Morgan fingerprint density at radius 3 is 2.57 bits per heavy atom. The van der Waals surface area contributed by atoms with Crippen LogP contribution in [0.3, 0.4) is 0 Å². The van der Waals surface area contributed by atoms with E-state index in [0.717, 1.165) is 0 Å². The number of rotatable bonds is 7. The van der Waals surface area contributed by atoms with E-state index in [4.69, 9.17) is 14.6 Å². The van der Waals surface area contributed by atoms with E-state index in [9.17, 15) is 14.4 Å². The standard InChI is InChI=1S/C15H20O6/c1-10(2)14(18)20-8-5-9-21-15(19)12-7-4-3-6-11(12)13(16)17/h4,7,11-12H,1,3,5-6,8-9H2,2H3,(H,16,17). The van der Waals surface area contributed by atoms with Crippen molar-refractivity contribution >= 4 is 17.9 Å². The van der Waals surface area contributed by atoms with E-state index in [1.807, 2.05) is 0 Å². The van der Waals surface area contributed by atoms with Crippen molar-refractivity contribution in [2.24, 2.45) is 11.8 Å². The van der Waals surface area contributed by atoms with Crippen LogP contribution in [0.25, 0.3) is 0 Å². The van der Waals surface area contributed by atoms with Crippen molar-refractivity contribution in [2.45, 2.75) is 26.2 Å². The van der Waals surface area contributed by atoms with Crippen molar-refractivity contribution in [1.82, 2.24) is 0 Å². The largest absolute Gasteiger partial charge is 0.481 e. The van der Waals surface area contributed by atoms with Gasteiger partial charge in [-0.3, -0.25) is 9.59 Å². The molecule has 0 aliphatic heterocycles.